The molecule has 1 aromatic carbocycles. The Morgan fingerprint density at radius 1 is 1.30 bits per heavy atom. The number of hydrogen-bond acceptors (Lipinski definition) is 4. The highest BCUT2D eigenvalue weighted by Gasteiger charge is 2.38. The molecule has 2 saturated heterocycles. The van der Waals surface area contributed by atoms with Crippen LogP contribution < -0.4 is 5.32 Å². The van der Waals surface area contributed by atoms with E-state index in [1.165, 1.54) is 5.56 Å². The highest BCUT2D eigenvalue weighted by Crippen LogP contribution is 2.26. The molecule has 2 heterocycles. The first kappa shape index (κ1) is 16.3. The molecule has 6 heteroatoms. The molecule has 0 bridgehead atoms. The number of aryl methyl sites for hydroxylation is 2. The van der Waals surface area contributed by atoms with Crippen LogP contribution in [0.25, 0.3) is 0 Å². The molecule has 0 unspecified atom stereocenters. The first-order valence-electron chi connectivity index (χ1n) is 7.90. The zero-order chi connectivity index (χ0) is 16.4. The molecule has 2 atom stereocenters. The summed E-state index contributed by atoms with van der Waals surface area (Å²) >= 11 is 1.63. The van der Waals surface area contributed by atoms with Crippen LogP contribution in [0.1, 0.15) is 17.5 Å². The maximum Gasteiger partial charge on any atom is 0.248 e. The quantitative estimate of drug-likeness (QED) is 0.920. The highest BCUT2D eigenvalue weighted by molar-refractivity contribution is 7.99. The van der Waals surface area contributed by atoms with E-state index < -0.39 is 6.04 Å². The van der Waals surface area contributed by atoms with Gasteiger partial charge in [0.15, 0.2) is 0 Å². The van der Waals surface area contributed by atoms with Crippen LogP contribution in [-0.2, 0) is 14.3 Å². The maximum absolute atomic E-state index is 12.6. The minimum Gasteiger partial charge on any atom is -0.381 e. The maximum atomic E-state index is 12.6. The van der Waals surface area contributed by atoms with Crippen molar-refractivity contribution in [1.82, 2.24) is 4.90 Å². The molecule has 1 aromatic rings. The minimum atomic E-state index is -0.394. The Bertz CT molecular complexity index is 614. The second kappa shape index (κ2) is 6.93. The van der Waals surface area contributed by atoms with Gasteiger partial charge in [-0.1, -0.05) is 6.07 Å². The second-order valence-corrected chi connectivity index (χ2v) is 7.17. The molecule has 0 aromatic heterocycles. The van der Waals surface area contributed by atoms with Gasteiger partial charge in [0.2, 0.25) is 11.8 Å². The highest BCUT2D eigenvalue weighted by atomic mass is 32.2. The molecule has 3 rings (SSSR count). The Hall–Kier alpha value is -1.53. The van der Waals surface area contributed by atoms with E-state index in [1.54, 1.807) is 16.7 Å². The van der Waals surface area contributed by atoms with E-state index in [0.717, 1.165) is 17.7 Å². The van der Waals surface area contributed by atoms with E-state index in [-0.39, 0.29) is 17.7 Å². The minimum absolute atomic E-state index is 0.0488. The summed E-state index contributed by atoms with van der Waals surface area (Å²) in [6.07, 6.45) is 0.755. The molecule has 2 fully saturated rings. The van der Waals surface area contributed by atoms with Crippen LogP contribution in [0.2, 0.25) is 0 Å². The number of nitrogens with one attached hydrogen (secondary N) is 1. The van der Waals surface area contributed by atoms with Gasteiger partial charge in [-0.3, -0.25) is 9.59 Å². The third-order valence-electron chi connectivity index (χ3n) is 4.52. The van der Waals surface area contributed by atoms with Crippen molar-refractivity contribution in [2.75, 3.05) is 30.2 Å². The molecule has 5 nitrogen and oxygen atoms in total. The van der Waals surface area contributed by atoms with Crippen molar-refractivity contribution >= 4 is 29.3 Å². The molecular formula is C17H22N2O3S. The molecule has 0 aliphatic carbocycles. The molecule has 2 aliphatic rings. The molecule has 1 N–H and O–H groups in total. The standard InChI is InChI=1S/C17H22N2O3S/c1-11-3-4-14(7-12(11)2)18-16(20)15-9-23-10-19(15)17(21)13-5-6-22-8-13/h3-4,7,13,15H,5-6,8-10H2,1-2H3,(H,18,20)/t13-,15-/m1/s1. The first-order valence-corrected chi connectivity index (χ1v) is 9.06. The van der Waals surface area contributed by atoms with Crippen molar-refractivity contribution in [2.45, 2.75) is 26.3 Å². The van der Waals surface area contributed by atoms with Crippen molar-refractivity contribution in [2.24, 2.45) is 5.92 Å². The van der Waals surface area contributed by atoms with E-state index in [2.05, 4.69) is 5.32 Å². The lowest BCUT2D eigenvalue weighted by atomic mass is 10.1. The smallest absolute Gasteiger partial charge is 0.248 e. The second-order valence-electron chi connectivity index (χ2n) is 6.17. The Kier molecular flexibility index (Phi) is 4.92. The van der Waals surface area contributed by atoms with Gasteiger partial charge in [-0.25, -0.2) is 0 Å². The van der Waals surface area contributed by atoms with E-state index >= 15 is 0 Å². The van der Waals surface area contributed by atoms with Gasteiger partial charge >= 0.3 is 0 Å². The Morgan fingerprint density at radius 3 is 2.83 bits per heavy atom. The number of carbonyl (C=O) groups is 2. The Labute approximate surface area is 140 Å². The first-order chi connectivity index (χ1) is 11.1. The number of benzene rings is 1. The van der Waals surface area contributed by atoms with Crippen LogP contribution in [0.4, 0.5) is 5.69 Å². The summed E-state index contributed by atoms with van der Waals surface area (Å²) in [6, 6.07) is 5.47. The van der Waals surface area contributed by atoms with Gasteiger partial charge in [-0.2, -0.15) is 0 Å². The Balaban J connectivity index is 1.67. The van der Waals surface area contributed by atoms with Crippen LogP contribution >= 0.6 is 11.8 Å². The molecule has 0 saturated carbocycles. The fraction of sp³-hybridized carbons (Fsp3) is 0.529. The number of amides is 2. The number of nitrogens with zero attached hydrogens (tertiary/aromatic N) is 1. The summed E-state index contributed by atoms with van der Waals surface area (Å²) in [7, 11) is 0. The van der Waals surface area contributed by atoms with Gasteiger partial charge in [0.1, 0.15) is 6.04 Å². The summed E-state index contributed by atoms with van der Waals surface area (Å²) in [4.78, 5) is 26.9. The molecule has 2 aliphatic heterocycles. The third kappa shape index (κ3) is 3.53. The van der Waals surface area contributed by atoms with Gasteiger partial charge in [0.05, 0.1) is 18.4 Å². The van der Waals surface area contributed by atoms with Crippen LogP contribution in [0.3, 0.4) is 0 Å². The molecule has 124 valence electrons. The number of hydrogen-bond donors (Lipinski definition) is 1. The summed E-state index contributed by atoms with van der Waals surface area (Å²) < 4.78 is 5.30. The number of carbonyl (C=O) groups excluding carboxylic acids is 2. The van der Waals surface area contributed by atoms with Crippen molar-refractivity contribution in [3.8, 4) is 0 Å². The van der Waals surface area contributed by atoms with Crippen LogP contribution in [0.15, 0.2) is 18.2 Å². The van der Waals surface area contributed by atoms with Crippen molar-refractivity contribution < 1.29 is 14.3 Å². The van der Waals surface area contributed by atoms with E-state index in [4.69, 9.17) is 4.74 Å². The van der Waals surface area contributed by atoms with Gasteiger partial charge in [-0.05, 0) is 43.5 Å². The monoisotopic (exact) mass is 334 g/mol. The largest absolute Gasteiger partial charge is 0.381 e. The lowest BCUT2D eigenvalue weighted by molar-refractivity contribution is -0.139. The van der Waals surface area contributed by atoms with Gasteiger partial charge in [0, 0.05) is 18.0 Å². The number of thioether (sulfide) groups is 1. The number of rotatable bonds is 3. The zero-order valence-corrected chi connectivity index (χ0v) is 14.3. The predicted octanol–water partition coefficient (Wildman–Crippen LogP) is 2.18. The molecule has 0 spiro atoms. The molecule has 0 radical (unpaired) electrons. The fourth-order valence-corrected chi connectivity index (χ4v) is 4.05. The normalized spacial score (nSPS) is 24.0. The summed E-state index contributed by atoms with van der Waals surface area (Å²) in [5.41, 5.74) is 3.11. The summed E-state index contributed by atoms with van der Waals surface area (Å²) in [5, 5.41) is 2.95. The summed E-state index contributed by atoms with van der Waals surface area (Å²) in [5.74, 6) is 1.08. The average molecular weight is 334 g/mol. The van der Waals surface area contributed by atoms with Crippen LogP contribution in [0.5, 0.6) is 0 Å². The molecule has 2 amide bonds. The third-order valence-corrected chi connectivity index (χ3v) is 5.53. The topological polar surface area (TPSA) is 58.6 Å². The van der Waals surface area contributed by atoms with Gasteiger partial charge in [-0.15, -0.1) is 11.8 Å². The van der Waals surface area contributed by atoms with Gasteiger partial charge < -0.3 is 15.0 Å². The number of ether oxygens (including phenoxy) is 1. The van der Waals surface area contributed by atoms with E-state index in [1.807, 2.05) is 32.0 Å². The number of anilines is 1. The average Bonchev–Trinajstić information content (AvgIpc) is 3.21. The lowest BCUT2D eigenvalue weighted by Crippen LogP contribution is -2.46. The van der Waals surface area contributed by atoms with Crippen molar-refractivity contribution in [3.63, 3.8) is 0 Å². The predicted molar refractivity (Wildman–Crippen MR) is 91.4 cm³/mol. The molecule has 23 heavy (non-hydrogen) atoms. The van der Waals surface area contributed by atoms with E-state index in [9.17, 15) is 9.59 Å². The fourth-order valence-electron chi connectivity index (χ4n) is 2.89. The SMILES string of the molecule is Cc1ccc(NC(=O)[C@H]2CSCN2C(=O)[C@@H]2CCOC2)cc1C. The zero-order valence-electron chi connectivity index (χ0n) is 13.5. The van der Waals surface area contributed by atoms with Crippen LogP contribution in [0, 0.1) is 19.8 Å². The van der Waals surface area contributed by atoms with Crippen LogP contribution in [-0.4, -0.2) is 47.6 Å². The summed E-state index contributed by atoms with van der Waals surface area (Å²) in [6.45, 7) is 5.17. The Morgan fingerprint density at radius 2 is 2.13 bits per heavy atom. The van der Waals surface area contributed by atoms with Gasteiger partial charge in [0.25, 0.3) is 0 Å². The molecular weight excluding hydrogens is 312 g/mol. The van der Waals surface area contributed by atoms with Crippen molar-refractivity contribution in [3.05, 3.63) is 29.3 Å². The lowest BCUT2D eigenvalue weighted by Gasteiger charge is -2.25. The van der Waals surface area contributed by atoms with Crippen molar-refractivity contribution in [1.29, 1.82) is 0 Å². The van der Waals surface area contributed by atoms with E-state index in [0.29, 0.717) is 24.8 Å².